The maximum Gasteiger partial charge on any atom is 0.330 e. The molecule has 7 rings (SSSR count). The molecule has 1 saturated carbocycles. The Morgan fingerprint density at radius 3 is 2.40 bits per heavy atom. The fourth-order valence-electron chi connectivity index (χ4n) is 8.02. The van der Waals surface area contributed by atoms with E-state index < -0.39 is 51.3 Å². The van der Waals surface area contributed by atoms with Crippen LogP contribution in [0.4, 0.5) is 0 Å². The molecule has 3 aliphatic carbocycles. The molecular weight excluding hydrogens is 552 g/mol. The van der Waals surface area contributed by atoms with E-state index in [-0.39, 0.29) is 47.2 Å². The highest BCUT2D eigenvalue weighted by atomic mass is 16.6. The Morgan fingerprint density at radius 2 is 1.79 bits per heavy atom. The van der Waals surface area contributed by atoms with E-state index in [1.807, 2.05) is 54.5 Å². The highest BCUT2D eigenvalue weighted by Gasteiger charge is 2.84. The number of hydrogen-bond donors (Lipinski definition) is 2. The van der Waals surface area contributed by atoms with Crippen molar-refractivity contribution in [1.29, 1.82) is 0 Å². The van der Waals surface area contributed by atoms with Crippen molar-refractivity contribution in [2.24, 2.45) is 5.92 Å². The Balaban J connectivity index is 1.70. The number of phenolic OH excluding ortho intramolecular Hbond substituents is 1. The minimum atomic E-state index is -1.76. The third-order valence-corrected chi connectivity index (χ3v) is 10.7. The van der Waals surface area contributed by atoms with Crippen molar-refractivity contribution in [1.82, 2.24) is 0 Å². The molecule has 3 heterocycles. The number of allylic oxidation sites excluding steroid dienone is 2. The van der Waals surface area contributed by atoms with E-state index >= 15 is 0 Å². The standard InChI is InChI=1S/C34H40O9/c1-16(2)10-11-19-24(35)22-25(36)20-14-32(40-9)15-21-31(7,8)43-33(29(32)39,13-12-17(3)28(37)38)34(20,21)42-27(22)23-26(19)41-18(4)30(23,5)6/h10,12,14,18,21,35H,11,13,15H2,1-9H3,(H,37,38)/b17-12+/t18-,21+,32+,33+,34-/m1/s1. The molecule has 230 valence electrons. The summed E-state index contributed by atoms with van der Waals surface area (Å²) in [5, 5.41) is 21.4. The Hall–Kier alpha value is -3.43. The minimum Gasteiger partial charge on any atom is -0.507 e. The van der Waals surface area contributed by atoms with Crippen LogP contribution in [-0.2, 0) is 30.9 Å². The lowest BCUT2D eigenvalue weighted by atomic mass is 9.49. The fourth-order valence-corrected chi connectivity index (χ4v) is 8.02. The fraction of sp³-hybridized carbons (Fsp3) is 0.559. The van der Waals surface area contributed by atoms with E-state index in [0.717, 1.165) is 5.57 Å². The van der Waals surface area contributed by atoms with Crippen LogP contribution in [-0.4, -0.2) is 63.4 Å². The Labute approximate surface area is 251 Å². The highest BCUT2D eigenvalue weighted by molar-refractivity contribution is 6.20. The number of benzene rings is 1. The smallest absolute Gasteiger partial charge is 0.330 e. The van der Waals surface area contributed by atoms with Gasteiger partial charge in [0.2, 0.25) is 5.78 Å². The van der Waals surface area contributed by atoms with E-state index in [1.165, 1.54) is 20.1 Å². The van der Waals surface area contributed by atoms with E-state index in [9.17, 15) is 24.6 Å². The number of fused-ring (bicyclic) bond motifs is 3. The predicted molar refractivity (Wildman–Crippen MR) is 157 cm³/mol. The Kier molecular flexibility index (Phi) is 6.08. The van der Waals surface area contributed by atoms with Gasteiger partial charge in [0.05, 0.1) is 5.60 Å². The molecule has 1 aromatic rings. The van der Waals surface area contributed by atoms with E-state index in [4.69, 9.17) is 18.9 Å². The summed E-state index contributed by atoms with van der Waals surface area (Å²) in [6.07, 6.45) is 5.11. The number of carbonyl (C=O) groups is 3. The number of phenols is 1. The van der Waals surface area contributed by atoms with Gasteiger partial charge >= 0.3 is 5.97 Å². The summed E-state index contributed by atoms with van der Waals surface area (Å²) in [6, 6.07) is 0. The van der Waals surface area contributed by atoms with E-state index in [0.29, 0.717) is 23.3 Å². The molecule has 5 atom stereocenters. The van der Waals surface area contributed by atoms with Gasteiger partial charge in [-0.25, -0.2) is 4.79 Å². The van der Waals surface area contributed by atoms with Crippen LogP contribution in [0.15, 0.2) is 34.9 Å². The van der Waals surface area contributed by atoms with E-state index in [2.05, 4.69) is 0 Å². The van der Waals surface area contributed by atoms with Crippen LogP contribution >= 0.6 is 0 Å². The number of Topliss-reactive ketones (excluding diaryl/α,β-unsaturated/α-hetero) is 2. The summed E-state index contributed by atoms with van der Waals surface area (Å²) in [5.41, 5.74) is -3.91. The lowest BCUT2D eigenvalue weighted by Crippen LogP contribution is -2.77. The first kappa shape index (κ1) is 29.6. The number of aliphatic carboxylic acids is 1. The van der Waals surface area contributed by atoms with Crippen LogP contribution in [0.1, 0.15) is 89.7 Å². The normalized spacial score (nSPS) is 34.1. The molecule has 9 nitrogen and oxygen atoms in total. The van der Waals surface area contributed by atoms with Crippen LogP contribution in [0.3, 0.4) is 0 Å². The van der Waals surface area contributed by atoms with Gasteiger partial charge in [0, 0.05) is 47.1 Å². The number of carbonyl (C=O) groups excluding carboxylic acids is 2. The average Bonchev–Trinajstić information content (AvgIpc) is 3.25. The quantitative estimate of drug-likeness (QED) is 0.340. The van der Waals surface area contributed by atoms with Crippen LogP contribution in [0.5, 0.6) is 17.2 Å². The van der Waals surface area contributed by atoms with Crippen molar-refractivity contribution in [3.05, 3.63) is 51.6 Å². The SMILES string of the molecule is CO[C@@]12C=C3C(=O)c4c(O)c(CC=C(C)C)c5c(c4O[C@@]34[C@@H](C1)C(C)(C)O[C@@]4(C/C=C(\C)C(=O)O)C2=O)C(C)(C)[C@@H](C)O5. The van der Waals surface area contributed by atoms with Gasteiger partial charge < -0.3 is 29.2 Å². The van der Waals surface area contributed by atoms with Gasteiger partial charge in [-0.1, -0.05) is 31.6 Å². The van der Waals surface area contributed by atoms with Gasteiger partial charge in [0.1, 0.15) is 34.5 Å². The number of ether oxygens (including phenoxy) is 4. The third kappa shape index (κ3) is 3.43. The van der Waals surface area contributed by atoms with Crippen molar-refractivity contribution in [3.8, 4) is 17.2 Å². The van der Waals surface area contributed by atoms with Crippen LogP contribution in [0, 0.1) is 5.92 Å². The van der Waals surface area contributed by atoms with Crippen molar-refractivity contribution in [2.75, 3.05) is 7.11 Å². The summed E-state index contributed by atoms with van der Waals surface area (Å²) in [4.78, 5) is 41.2. The number of rotatable bonds is 6. The van der Waals surface area contributed by atoms with Gasteiger partial charge in [-0.3, -0.25) is 9.59 Å². The summed E-state index contributed by atoms with van der Waals surface area (Å²) < 4.78 is 26.1. The molecule has 0 radical (unpaired) electrons. The molecule has 6 aliphatic rings. The zero-order chi connectivity index (χ0) is 31.7. The molecule has 1 spiro atoms. The molecule has 1 aromatic carbocycles. The van der Waals surface area contributed by atoms with Crippen LogP contribution in [0.25, 0.3) is 0 Å². The molecule has 0 aromatic heterocycles. The average molecular weight is 593 g/mol. The molecule has 3 aliphatic heterocycles. The number of hydrogen-bond acceptors (Lipinski definition) is 8. The van der Waals surface area contributed by atoms with Gasteiger partial charge in [-0.2, -0.15) is 0 Å². The van der Waals surface area contributed by atoms with Gasteiger partial charge in [0.15, 0.2) is 17.0 Å². The summed E-state index contributed by atoms with van der Waals surface area (Å²) in [5.74, 6) is -2.05. The van der Waals surface area contributed by atoms with Crippen LogP contribution < -0.4 is 9.47 Å². The molecule has 2 N–H and O–H groups in total. The zero-order valence-electron chi connectivity index (χ0n) is 26.3. The summed E-state index contributed by atoms with van der Waals surface area (Å²) in [7, 11) is 1.43. The monoisotopic (exact) mass is 592 g/mol. The lowest BCUT2D eigenvalue weighted by molar-refractivity contribution is -0.190. The first-order chi connectivity index (χ1) is 19.9. The molecule has 9 heteroatoms. The highest BCUT2D eigenvalue weighted by Crippen LogP contribution is 2.70. The largest absolute Gasteiger partial charge is 0.507 e. The van der Waals surface area contributed by atoms with Crippen molar-refractivity contribution >= 4 is 17.5 Å². The number of carboxylic acids is 1. The molecular formula is C34H40O9. The predicted octanol–water partition coefficient (Wildman–Crippen LogP) is 5.16. The number of aromatic hydroxyl groups is 1. The van der Waals surface area contributed by atoms with Crippen molar-refractivity contribution in [2.45, 2.75) is 109 Å². The van der Waals surface area contributed by atoms with Crippen molar-refractivity contribution in [3.63, 3.8) is 0 Å². The van der Waals surface area contributed by atoms with Gasteiger partial charge in [-0.05, 0) is 60.5 Å². The minimum absolute atomic E-state index is 0.0365. The summed E-state index contributed by atoms with van der Waals surface area (Å²) in [6.45, 7) is 15.1. The first-order valence-corrected chi connectivity index (χ1v) is 14.8. The molecule has 43 heavy (non-hydrogen) atoms. The zero-order valence-corrected chi connectivity index (χ0v) is 26.3. The maximum absolute atomic E-state index is 14.8. The second-order valence-electron chi connectivity index (χ2n) is 14.0. The Morgan fingerprint density at radius 1 is 1.12 bits per heavy atom. The second kappa shape index (κ2) is 8.82. The topological polar surface area (TPSA) is 129 Å². The number of ketones is 2. The van der Waals surface area contributed by atoms with E-state index in [1.54, 1.807) is 6.08 Å². The molecule has 4 bridgehead atoms. The first-order valence-electron chi connectivity index (χ1n) is 14.8. The van der Waals surface area contributed by atoms with Crippen molar-refractivity contribution < 1.29 is 43.5 Å². The molecule has 0 amide bonds. The molecule has 0 unspecified atom stereocenters. The maximum atomic E-state index is 14.8. The summed E-state index contributed by atoms with van der Waals surface area (Å²) >= 11 is 0. The number of methoxy groups -OCH3 is 1. The van der Waals surface area contributed by atoms with Gasteiger partial charge in [-0.15, -0.1) is 0 Å². The Bertz CT molecular complexity index is 1600. The molecule has 2 fully saturated rings. The lowest BCUT2D eigenvalue weighted by Gasteiger charge is -2.59. The molecule has 1 saturated heterocycles. The van der Waals surface area contributed by atoms with Crippen LogP contribution in [0.2, 0.25) is 0 Å². The second-order valence-corrected chi connectivity index (χ2v) is 14.0. The number of carboxylic acid groups (broad SMARTS) is 1. The third-order valence-electron chi connectivity index (χ3n) is 10.7. The van der Waals surface area contributed by atoms with Gasteiger partial charge in [0.25, 0.3) is 0 Å².